The smallest absolute Gasteiger partial charge is 0.191 e. The van der Waals surface area contributed by atoms with Gasteiger partial charge in [0.2, 0.25) is 0 Å². The zero-order chi connectivity index (χ0) is 19.0. The van der Waals surface area contributed by atoms with Gasteiger partial charge in [0.25, 0.3) is 0 Å². The van der Waals surface area contributed by atoms with Crippen LogP contribution in [0.2, 0.25) is 0 Å². The molecule has 4 rings (SSSR count). The highest BCUT2D eigenvalue weighted by Gasteiger charge is 2.11. The minimum absolute atomic E-state index is 0.00176. The maximum Gasteiger partial charge on any atom is 0.191 e. The fourth-order valence-electron chi connectivity index (χ4n) is 3.26. The van der Waals surface area contributed by atoms with E-state index in [9.17, 15) is 4.79 Å². The van der Waals surface area contributed by atoms with Gasteiger partial charge >= 0.3 is 0 Å². The third-order valence-corrected chi connectivity index (χ3v) is 4.65. The van der Waals surface area contributed by atoms with Crippen molar-refractivity contribution in [1.29, 1.82) is 0 Å². The lowest BCUT2D eigenvalue weighted by molar-refractivity contribution is 0.604. The van der Waals surface area contributed by atoms with Crippen LogP contribution in [0.25, 0.3) is 22.3 Å². The largest absolute Gasteiger partial charge is 0.355 e. The van der Waals surface area contributed by atoms with Crippen molar-refractivity contribution in [1.82, 2.24) is 19.3 Å². The molecule has 0 fully saturated rings. The molecule has 0 aliphatic rings. The molecule has 27 heavy (non-hydrogen) atoms. The Hall–Kier alpha value is -3.41. The van der Waals surface area contributed by atoms with Crippen molar-refractivity contribution in [3.63, 3.8) is 0 Å². The molecule has 0 spiro atoms. The van der Waals surface area contributed by atoms with Crippen LogP contribution < -0.4 is 10.7 Å². The number of aryl methyl sites for hydroxylation is 1. The Kier molecular flexibility index (Phi) is 4.24. The lowest BCUT2D eigenvalue weighted by atomic mass is 10.1. The second-order valence-electron chi connectivity index (χ2n) is 6.85. The Morgan fingerprint density at radius 3 is 2.70 bits per heavy atom. The number of hydrogen-bond acceptors (Lipinski definition) is 4. The third-order valence-electron chi connectivity index (χ3n) is 4.65. The molecule has 0 saturated heterocycles. The number of aromatic nitrogens is 4. The molecule has 0 atom stereocenters. The van der Waals surface area contributed by atoms with Crippen LogP contribution in [-0.4, -0.2) is 19.3 Å². The van der Waals surface area contributed by atoms with Gasteiger partial charge in [-0.25, -0.2) is 0 Å². The summed E-state index contributed by atoms with van der Waals surface area (Å²) in [6.45, 7) is 4.20. The molecular weight excluding hydrogens is 338 g/mol. The van der Waals surface area contributed by atoms with E-state index in [0.29, 0.717) is 5.39 Å². The van der Waals surface area contributed by atoms with Gasteiger partial charge in [0, 0.05) is 36.6 Å². The fourth-order valence-corrected chi connectivity index (χ4v) is 3.26. The van der Waals surface area contributed by atoms with Crippen LogP contribution in [0.3, 0.4) is 0 Å². The monoisotopic (exact) mass is 359 g/mol. The molecule has 0 aliphatic heterocycles. The second-order valence-corrected chi connectivity index (χ2v) is 6.85. The van der Waals surface area contributed by atoms with Gasteiger partial charge < -0.3 is 14.5 Å². The third kappa shape index (κ3) is 3.10. The van der Waals surface area contributed by atoms with E-state index in [0.717, 1.165) is 28.3 Å². The predicted octanol–water partition coefficient (Wildman–Crippen LogP) is 4.12. The van der Waals surface area contributed by atoms with Crippen LogP contribution >= 0.6 is 0 Å². The van der Waals surface area contributed by atoms with E-state index in [1.165, 1.54) is 0 Å². The Labute approximate surface area is 157 Å². The van der Waals surface area contributed by atoms with Crippen LogP contribution in [-0.2, 0) is 7.05 Å². The Bertz CT molecular complexity index is 1170. The average molecular weight is 359 g/mol. The molecule has 2 aromatic carbocycles. The molecule has 1 N–H and O–H groups in total. The van der Waals surface area contributed by atoms with Gasteiger partial charge in [-0.3, -0.25) is 4.79 Å². The van der Waals surface area contributed by atoms with Gasteiger partial charge in [0.15, 0.2) is 11.3 Å². The van der Waals surface area contributed by atoms with Crippen LogP contribution in [0, 0.1) is 0 Å². The summed E-state index contributed by atoms with van der Waals surface area (Å²) in [4.78, 5) is 12.4. The van der Waals surface area contributed by atoms with Gasteiger partial charge in [0.05, 0.1) is 16.6 Å². The highest BCUT2D eigenvalue weighted by molar-refractivity contribution is 5.93. The molecule has 0 unspecified atom stereocenters. The summed E-state index contributed by atoms with van der Waals surface area (Å²) in [5.41, 5.74) is 3.55. The normalized spacial score (nSPS) is 11.3. The van der Waals surface area contributed by atoms with Crippen molar-refractivity contribution in [2.45, 2.75) is 19.9 Å². The number of rotatable bonds is 4. The number of nitrogens with one attached hydrogen (secondary N) is 1. The summed E-state index contributed by atoms with van der Waals surface area (Å²) in [7, 11) is 1.94. The zero-order valence-electron chi connectivity index (χ0n) is 15.5. The van der Waals surface area contributed by atoms with Gasteiger partial charge in [-0.1, -0.05) is 18.2 Å². The predicted molar refractivity (Wildman–Crippen MR) is 108 cm³/mol. The number of benzene rings is 2. The van der Waals surface area contributed by atoms with Crippen LogP contribution in [0.15, 0.2) is 65.8 Å². The molecule has 6 nitrogen and oxygen atoms in total. The number of hydrogen-bond donors (Lipinski definition) is 1. The van der Waals surface area contributed by atoms with Crippen molar-refractivity contribution in [3.05, 3.63) is 71.3 Å². The summed E-state index contributed by atoms with van der Waals surface area (Å²) in [6, 6.07) is 15.7. The number of anilines is 2. The SMILES string of the molecule is CC(C)n1cnnc1-c1cccc(Nc2cccc3c2c(=O)ccn3C)c1. The van der Waals surface area contributed by atoms with Crippen molar-refractivity contribution in [2.75, 3.05) is 5.32 Å². The summed E-state index contributed by atoms with van der Waals surface area (Å²) in [5, 5.41) is 12.4. The Morgan fingerprint density at radius 2 is 1.89 bits per heavy atom. The molecule has 0 aliphatic carbocycles. The standard InChI is InChI=1S/C21H21N5O/c1-14(2)26-13-22-24-21(26)15-6-4-7-16(12-15)23-17-8-5-9-18-20(17)19(27)10-11-25(18)3/h4-14,23H,1-3H3. The first-order valence-corrected chi connectivity index (χ1v) is 8.90. The summed E-state index contributed by atoms with van der Waals surface area (Å²) in [6.07, 6.45) is 3.53. The topological polar surface area (TPSA) is 64.7 Å². The van der Waals surface area contributed by atoms with Crippen molar-refractivity contribution < 1.29 is 0 Å². The van der Waals surface area contributed by atoms with Crippen molar-refractivity contribution in [2.24, 2.45) is 7.05 Å². The maximum atomic E-state index is 12.4. The van der Waals surface area contributed by atoms with Gasteiger partial charge in [-0.05, 0) is 38.1 Å². The van der Waals surface area contributed by atoms with Crippen molar-refractivity contribution in [3.8, 4) is 11.4 Å². The van der Waals surface area contributed by atoms with Gasteiger partial charge in [-0.2, -0.15) is 0 Å². The molecule has 0 saturated carbocycles. The number of pyridine rings is 1. The second kappa shape index (κ2) is 6.72. The Morgan fingerprint density at radius 1 is 1.07 bits per heavy atom. The van der Waals surface area contributed by atoms with Gasteiger partial charge in [0.1, 0.15) is 6.33 Å². The number of nitrogens with zero attached hydrogens (tertiary/aromatic N) is 4. The lowest BCUT2D eigenvalue weighted by Crippen LogP contribution is -2.07. The molecule has 136 valence electrons. The molecule has 0 amide bonds. The molecule has 2 heterocycles. The van der Waals surface area contributed by atoms with E-state index in [2.05, 4.69) is 29.4 Å². The van der Waals surface area contributed by atoms with E-state index < -0.39 is 0 Å². The van der Waals surface area contributed by atoms with E-state index in [1.54, 1.807) is 18.6 Å². The zero-order valence-corrected chi connectivity index (χ0v) is 15.5. The van der Waals surface area contributed by atoms with Crippen molar-refractivity contribution >= 4 is 22.3 Å². The molecule has 4 aromatic rings. The molecule has 0 bridgehead atoms. The fraction of sp³-hybridized carbons (Fsp3) is 0.190. The average Bonchev–Trinajstić information content (AvgIpc) is 3.15. The highest BCUT2D eigenvalue weighted by Crippen LogP contribution is 2.27. The van der Waals surface area contributed by atoms with E-state index in [1.807, 2.05) is 58.6 Å². The van der Waals surface area contributed by atoms with Crippen LogP contribution in [0.1, 0.15) is 19.9 Å². The van der Waals surface area contributed by atoms with E-state index in [-0.39, 0.29) is 11.5 Å². The first-order valence-electron chi connectivity index (χ1n) is 8.90. The quantitative estimate of drug-likeness (QED) is 0.595. The minimum Gasteiger partial charge on any atom is -0.355 e. The Balaban J connectivity index is 1.77. The van der Waals surface area contributed by atoms with Gasteiger partial charge in [-0.15, -0.1) is 10.2 Å². The number of fused-ring (bicyclic) bond motifs is 1. The molecule has 6 heteroatoms. The van der Waals surface area contributed by atoms with E-state index in [4.69, 9.17) is 0 Å². The van der Waals surface area contributed by atoms with Crippen LogP contribution in [0.4, 0.5) is 11.4 Å². The lowest BCUT2D eigenvalue weighted by Gasteiger charge is -2.13. The maximum absolute atomic E-state index is 12.4. The first kappa shape index (κ1) is 17.0. The summed E-state index contributed by atoms with van der Waals surface area (Å²) in [5.74, 6) is 0.822. The summed E-state index contributed by atoms with van der Waals surface area (Å²) < 4.78 is 3.98. The molecular formula is C21H21N5O. The minimum atomic E-state index is 0.00176. The van der Waals surface area contributed by atoms with E-state index >= 15 is 0 Å². The summed E-state index contributed by atoms with van der Waals surface area (Å²) >= 11 is 0. The molecule has 2 aromatic heterocycles. The molecule has 0 radical (unpaired) electrons. The van der Waals surface area contributed by atoms with Crippen LogP contribution in [0.5, 0.6) is 0 Å². The highest BCUT2D eigenvalue weighted by atomic mass is 16.1. The first-order chi connectivity index (χ1) is 13.0.